The summed E-state index contributed by atoms with van der Waals surface area (Å²) in [5.41, 5.74) is 0. The lowest BCUT2D eigenvalue weighted by molar-refractivity contribution is -0.134. The van der Waals surface area contributed by atoms with Crippen LogP contribution in [0, 0.1) is 5.92 Å². The number of likely N-dealkylation sites (tertiary alicyclic amines) is 1. The van der Waals surface area contributed by atoms with E-state index in [1.54, 1.807) is 0 Å². The van der Waals surface area contributed by atoms with Crippen LogP contribution in [0.5, 0.6) is 0 Å². The van der Waals surface area contributed by atoms with Crippen LogP contribution in [0.15, 0.2) is 0 Å². The van der Waals surface area contributed by atoms with E-state index < -0.39 is 0 Å². The normalized spacial score (nSPS) is 34.7. The van der Waals surface area contributed by atoms with E-state index in [2.05, 4.69) is 22.0 Å². The summed E-state index contributed by atoms with van der Waals surface area (Å²) in [6.45, 7) is 5.64. The zero-order chi connectivity index (χ0) is 14.8. The Balaban J connectivity index is 1.53. The van der Waals surface area contributed by atoms with Crippen molar-refractivity contribution in [2.24, 2.45) is 5.92 Å². The number of rotatable bonds is 3. The fraction of sp³-hybridized carbons (Fsp3) is 0.941. The molecule has 2 heterocycles. The van der Waals surface area contributed by atoms with Gasteiger partial charge < -0.3 is 15.1 Å². The topological polar surface area (TPSA) is 35.6 Å². The van der Waals surface area contributed by atoms with Crippen molar-refractivity contribution in [2.45, 2.75) is 70.0 Å². The second kappa shape index (κ2) is 6.66. The first-order valence-electron chi connectivity index (χ1n) is 8.94. The smallest absolute Gasteiger partial charge is 0.239 e. The first-order chi connectivity index (χ1) is 10.2. The van der Waals surface area contributed by atoms with Crippen molar-refractivity contribution >= 4 is 5.91 Å². The molecule has 1 N–H and O–H groups in total. The van der Waals surface area contributed by atoms with Crippen molar-refractivity contribution in [3.8, 4) is 0 Å². The van der Waals surface area contributed by atoms with Crippen LogP contribution in [0.25, 0.3) is 0 Å². The maximum atomic E-state index is 12.8. The van der Waals surface area contributed by atoms with E-state index in [9.17, 15) is 4.79 Å². The summed E-state index contributed by atoms with van der Waals surface area (Å²) >= 11 is 0. The molecular formula is C17H31N3O. The molecule has 4 heteroatoms. The first kappa shape index (κ1) is 15.3. The Bertz CT molecular complexity index is 351. The summed E-state index contributed by atoms with van der Waals surface area (Å²) in [5.74, 6) is 1.10. The van der Waals surface area contributed by atoms with Crippen molar-refractivity contribution < 1.29 is 4.79 Å². The fourth-order valence-electron chi connectivity index (χ4n) is 4.56. The zero-order valence-corrected chi connectivity index (χ0v) is 13.7. The lowest BCUT2D eigenvalue weighted by atomic mass is 9.85. The molecular weight excluding hydrogens is 262 g/mol. The minimum atomic E-state index is 0.0901. The van der Waals surface area contributed by atoms with Gasteiger partial charge in [-0.05, 0) is 44.6 Å². The van der Waals surface area contributed by atoms with Crippen LogP contribution in [0.2, 0.25) is 0 Å². The van der Waals surface area contributed by atoms with Crippen molar-refractivity contribution in [1.82, 2.24) is 15.1 Å². The van der Waals surface area contributed by atoms with E-state index in [0.717, 1.165) is 44.8 Å². The number of carbonyl (C=O) groups excluding carboxylic acids is 1. The molecule has 1 aliphatic carbocycles. The van der Waals surface area contributed by atoms with E-state index in [1.165, 1.54) is 25.7 Å². The molecule has 1 amide bonds. The van der Waals surface area contributed by atoms with Gasteiger partial charge in [-0.1, -0.05) is 19.8 Å². The van der Waals surface area contributed by atoms with Crippen LogP contribution in [-0.2, 0) is 4.79 Å². The van der Waals surface area contributed by atoms with Gasteiger partial charge in [0, 0.05) is 32.2 Å². The quantitative estimate of drug-likeness (QED) is 0.862. The van der Waals surface area contributed by atoms with Gasteiger partial charge in [0.25, 0.3) is 0 Å². The Labute approximate surface area is 129 Å². The van der Waals surface area contributed by atoms with Gasteiger partial charge in [-0.2, -0.15) is 0 Å². The minimum absolute atomic E-state index is 0.0901. The third kappa shape index (κ3) is 3.26. The van der Waals surface area contributed by atoms with E-state index in [4.69, 9.17) is 0 Å². The van der Waals surface area contributed by atoms with Gasteiger partial charge in [0.2, 0.25) is 5.91 Å². The number of hydrogen-bond donors (Lipinski definition) is 1. The van der Waals surface area contributed by atoms with Crippen LogP contribution in [-0.4, -0.2) is 60.5 Å². The number of likely N-dealkylation sites (N-methyl/N-ethyl adjacent to an activating group) is 1. The molecule has 3 aliphatic rings. The minimum Gasteiger partial charge on any atom is -0.341 e. The number of nitrogens with zero attached hydrogens (tertiary/aromatic N) is 2. The van der Waals surface area contributed by atoms with Crippen LogP contribution in [0.1, 0.15) is 51.9 Å². The summed E-state index contributed by atoms with van der Waals surface area (Å²) in [6, 6.07) is 1.15. The average molecular weight is 293 g/mol. The standard InChI is InChI=1S/C17H31N3O/c1-3-20-10-8-14(9-11-20)19(2)17(21)16-12-13-6-4-5-7-15(13)18-16/h13-16,18H,3-12H2,1-2H3/t13-,15+,16-/m1/s1. The second-order valence-corrected chi connectivity index (χ2v) is 7.22. The van der Waals surface area contributed by atoms with E-state index in [-0.39, 0.29) is 6.04 Å². The lowest BCUT2D eigenvalue weighted by Gasteiger charge is -2.37. The number of nitrogens with one attached hydrogen (secondary N) is 1. The molecule has 3 atom stereocenters. The molecule has 2 aliphatic heterocycles. The molecule has 0 bridgehead atoms. The second-order valence-electron chi connectivity index (χ2n) is 7.22. The van der Waals surface area contributed by atoms with Crippen molar-refractivity contribution in [2.75, 3.05) is 26.7 Å². The highest BCUT2D eigenvalue weighted by Crippen LogP contribution is 2.34. The molecule has 0 spiro atoms. The number of hydrogen-bond acceptors (Lipinski definition) is 3. The SMILES string of the molecule is CCN1CCC(N(C)C(=O)[C@H]2C[C@H]3CCCC[C@@H]3N2)CC1. The molecule has 2 saturated heterocycles. The molecule has 0 aromatic rings. The molecule has 1 saturated carbocycles. The third-order valence-electron chi connectivity index (χ3n) is 6.06. The third-order valence-corrected chi connectivity index (χ3v) is 6.06. The van der Waals surface area contributed by atoms with Gasteiger partial charge >= 0.3 is 0 Å². The molecule has 0 radical (unpaired) electrons. The molecule has 120 valence electrons. The largest absolute Gasteiger partial charge is 0.341 e. The zero-order valence-electron chi connectivity index (χ0n) is 13.7. The van der Waals surface area contributed by atoms with Gasteiger partial charge in [0.15, 0.2) is 0 Å². The lowest BCUT2D eigenvalue weighted by Crippen LogP contribution is -2.51. The highest BCUT2D eigenvalue weighted by molar-refractivity contribution is 5.82. The Kier molecular flexibility index (Phi) is 4.85. The van der Waals surface area contributed by atoms with Crippen molar-refractivity contribution in [3.63, 3.8) is 0 Å². The van der Waals surface area contributed by atoms with Gasteiger partial charge in [-0.25, -0.2) is 0 Å². The highest BCUT2D eigenvalue weighted by Gasteiger charge is 2.40. The predicted molar refractivity (Wildman–Crippen MR) is 85.2 cm³/mol. The van der Waals surface area contributed by atoms with Gasteiger partial charge in [0.05, 0.1) is 6.04 Å². The molecule has 3 rings (SSSR count). The predicted octanol–water partition coefficient (Wildman–Crippen LogP) is 1.85. The summed E-state index contributed by atoms with van der Waals surface area (Å²) in [6.07, 6.45) is 8.62. The Morgan fingerprint density at radius 1 is 1.19 bits per heavy atom. The fourth-order valence-corrected chi connectivity index (χ4v) is 4.56. The molecule has 0 unspecified atom stereocenters. The summed E-state index contributed by atoms with van der Waals surface area (Å²) in [4.78, 5) is 17.3. The monoisotopic (exact) mass is 293 g/mol. The van der Waals surface area contributed by atoms with Crippen LogP contribution < -0.4 is 5.32 Å². The molecule has 21 heavy (non-hydrogen) atoms. The number of amides is 1. The summed E-state index contributed by atoms with van der Waals surface area (Å²) in [5, 5.41) is 3.63. The van der Waals surface area contributed by atoms with Crippen LogP contribution in [0.3, 0.4) is 0 Å². The van der Waals surface area contributed by atoms with Gasteiger partial charge in [-0.3, -0.25) is 4.79 Å². The Morgan fingerprint density at radius 2 is 1.90 bits per heavy atom. The summed E-state index contributed by atoms with van der Waals surface area (Å²) in [7, 11) is 2.03. The Hall–Kier alpha value is -0.610. The summed E-state index contributed by atoms with van der Waals surface area (Å²) < 4.78 is 0. The molecule has 0 aromatic carbocycles. The molecule has 0 aromatic heterocycles. The number of carbonyl (C=O) groups is 1. The number of piperidine rings is 1. The van der Waals surface area contributed by atoms with Crippen LogP contribution >= 0.6 is 0 Å². The Morgan fingerprint density at radius 3 is 2.57 bits per heavy atom. The first-order valence-corrected chi connectivity index (χ1v) is 8.94. The van der Waals surface area contributed by atoms with E-state index in [1.807, 2.05) is 7.05 Å². The van der Waals surface area contributed by atoms with Gasteiger partial charge in [-0.15, -0.1) is 0 Å². The van der Waals surface area contributed by atoms with Crippen molar-refractivity contribution in [3.05, 3.63) is 0 Å². The maximum Gasteiger partial charge on any atom is 0.239 e. The average Bonchev–Trinajstić information content (AvgIpc) is 2.97. The maximum absolute atomic E-state index is 12.8. The van der Waals surface area contributed by atoms with E-state index >= 15 is 0 Å². The number of fused-ring (bicyclic) bond motifs is 1. The van der Waals surface area contributed by atoms with Gasteiger partial charge in [0.1, 0.15) is 0 Å². The highest BCUT2D eigenvalue weighted by atomic mass is 16.2. The molecule has 3 fully saturated rings. The van der Waals surface area contributed by atoms with Crippen LogP contribution in [0.4, 0.5) is 0 Å². The molecule has 4 nitrogen and oxygen atoms in total. The van der Waals surface area contributed by atoms with E-state index in [0.29, 0.717) is 18.0 Å². The van der Waals surface area contributed by atoms with Crippen molar-refractivity contribution in [1.29, 1.82) is 0 Å².